The number of aliphatic carboxylic acids is 1. The molecule has 33 heavy (non-hydrogen) atoms. The number of ether oxygens (including phenoxy) is 2. The average molecular weight is 486 g/mol. The number of aliphatic hydroxyl groups excluding tert-OH is 1. The highest BCUT2D eigenvalue weighted by Crippen LogP contribution is 2.26. The number of carboxylic acid groups (broad SMARTS) is 1. The molecule has 3 atom stereocenters. The number of aromatic hydroxyl groups is 1. The summed E-state index contributed by atoms with van der Waals surface area (Å²) < 4.78 is 9.17. The summed E-state index contributed by atoms with van der Waals surface area (Å²) in [6, 6.07) is 7.97. The number of hydrogen-bond donors (Lipinski definition) is 6. The number of hydrogen-bond acceptors (Lipinski definition) is 11. The Labute approximate surface area is 191 Å². The normalized spacial score (nSPS) is 13.8. The molecule has 0 spiro atoms. The van der Waals surface area contributed by atoms with Crippen LogP contribution in [0.25, 0.3) is 11.1 Å². The molecule has 1 aromatic heterocycles. The predicted molar refractivity (Wildman–Crippen MR) is 108 cm³/mol. The van der Waals surface area contributed by atoms with Gasteiger partial charge in [-0.3, -0.25) is 20.0 Å². The zero-order chi connectivity index (χ0) is 24.7. The molecule has 2 aromatic rings. The van der Waals surface area contributed by atoms with Gasteiger partial charge in [-0.25, -0.2) is 9.78 Å². The van der Waals surface area contributed by atoms with Gasteiger partial charge in [-0.1, -0.05) is 23.7 Å². The van der Waals surface area contributed by atoms with E-state index in [0.717, 1.165) is 6.92 Å². The smallest absolute Gasteiger partial charge is 0.335 e. The van der Waals surface area contributed by atoms with Gasteiger partial charge in [0.1, 0.15) is 12.3 Å². The quantitative estimate of drug-likeness (QED) is 0.156. The third-order valence-electron chi connectivity index (χ3n) is 4.00. The Hall–Kier alpha value is -3.33. The van der Waals surface area contributed by atoms with Crippen LogP contribution in [0.3, 0.4) is 0 Å². The maximum Gasteiger partial charge on any atom is 0.335 e. The number of rotatable bonds is 10. The summed E-state index contributed by atoms with van der Waals surface area (Å²) in [4.78, 5) is 39.0. The van der Waals surface area contributed by atoms with Gasteiger partial charge in [0.25, 0.3) is 5.91 Å². The second-order valence-corrected chi connectivity index (χ2v) is 6.97. The van der Waals surface area contributed by atoms with Crippen LogP contribution in [-0.2, 0) is 19.1 Å². The van der Waals surface area contributed by atoms with Crippen molar-refractivity contribution in [3.05, 3.63) is 47.2 Å². The van der Waals surface area contributed by atoms with Crippen molar-refractivity contribution in [1.82, 2.24) is 15.5 Å². The molecular weight excluding hydrogens is 466 g/mol. The first kappa shape index (κ1) is 25.9. The largest absolute Gasteiger partial charge is 0.505 e. The van der Waals surface area contributed by atoms with Crippen LogP contribution in [-0.4, -0.2) is 79.0 Å². The number of pyridine rings is 1. The van der Waals surface area contributed by atoms with Crippen LogP contribution < -0.4 is 5.32 Å². The Morgan fingerprint density at radius 2 is 1.91 bits per heavy atom. The fourth-order valence-corrected chi connectivity index (χ4v) is 2.67. The second kappa shape index (κ2) is 11.5. The van der Waals surface area contributed by atoms with E-state index in [0.29, 0.717) is 16.1 Å². The van der Waals surface area contributed by atoms with E-state index in [1.54, 1.807) is 24.3 Å². The lowest BCUT2D eigenvalue weighted by Gasteiger charge is -2.25. The summed E-state index contributed by atoms with van der Waals surface area (Å²) in [5.41, 5.74) is 0.705. The standard InChI is InChI=1S/C19H20ClN3O10/c1-9(24)16(18(28)29)33-19(23(30)31)32-14(26)8-22-17(27)15-13(25)6-11(7-21-15)10-3-2-4-12(20)5-10/h2-7,9,16,19,24-25,30-31H,8H2,1H3,(H,22,27)(H,28,29)/t9-,16?,19+/m1/s1. The minimum absolute atomic E-state index is 0.410. The molecule has 6 N–H and O–H groups in total. The monoisotopic (exact) mass is 485 g/mol. The number of amides is 1. The van der Waals surface area contributed by atoms with Crippen LogP contribution >= 0.6 is 11.6 Å². The van der Waals surface area contributed by atoms with Gasteiger partial charge in [-0.05, 0) is 35.9 Å². The predicted octanol–water partition coefficient (Wildman–Crippen LogP) is 0.595. The highest BCUT2D eigenvalue weighted by atomic mass is 35.5. The molecule has 0 saturated carbocycles. The Morgan fingerprint density at radius 1 is 1.21 bits per heavy atom. The van der Waals surface area contributed by atoms with Gasteiger partial charge < -0.3 is 30.1 Å². The summed E-state index contributed by atoms with van der Waals surface area (Å²) in [5.74, 6) is -4.38. The number of aromatic nitrogens is 1. The Kier molecular flexibility index (Phi) is 9.04. The number of halogens is 1. The van der Waals surface area contributed by atoms with Gasteiger partial charge in [0.05, 0.1) is 6.10 Å². The summed E-state index contributed by atoms with van der Waals surface area (Å²) in [7, 11) is 0. The number of nitrogens with one attached hydrogen (secondary N) is 1. The van der Waals surface area contributed by atoms with Crippen molar-refractivity contribution in [1.29, 1.82) is 0 Å². The summed E-state index contributed by atoms with van der Waals surface area (Å²) in [6.07, 6.45) is -4.57. The van der Waals surface area contributed by atoms with Crippen molar-refractivity contribution in [2.45, 2.75) is 25.5 Å². The fraction of sp³-hybridized carbons (Fsp3) is 0.263. The molecule has 0 saturated heterocycles. The molecule has 1 unspecified atom stereocenters. The van der Waals surface area contributed by atoms with Crippen LogP contribution in [0.4, 0.5) is 0 Å². The summed E-state index contributed by atoms with van der Waals surface area (Å²) in [5, 5.41) is 48.4. The van der Waals surface area contributed by atoms with Crippen molar-refractivity contribution in [3.63, 3.8) is 0 Å². The number of nitrogens with zero attached hydrogens (tertiary/aromatic N) is 2. The first-order chi connectivity index (χ1) is 15.5. The number of carbonyl (C=O) groups excluding carboxylic acids is 2. The van der Waals surface area contributed by atoms with Crippen LogP contribution in [0, 0.1) is 0 Å². The average Bonchev–Trinajstić information content (AvgIpc) is 2.74. The second-order valence-electron chi connectivity index (χ2n) is 6.54. The van der Waals surface area contributed by atoms with Crippen LogP contribution in [0.1, 0.15) is 17.4 Å². The molecule has 0 aliphatic rings. The van der Waals surface area contributed by atoms with Crippen molar-refractivity contribution in [2.75, 3.05) is 6.54 Å². The fourth-order valence-electron chi connectivity index (χ4n) is 2.48. The summed E-state index contributed by atoms with van der Waals surface area (Å²) >= 11 is 5.93. The van der Waals surface area contributed by atoms with Crippen LogP contribution in [0.5, 0.6) is 5.75 Å². The SMILES string of the molecule is C[C@@H](O)C(O[C@H](OC(=O)CNC(=O)c1ncc(-c2cccc(Cl)c2)cc1O)N(O)O)C(=O)O. The molecule has 13 nitrogen and oxygen atoms in total. The molecule has 0 aliphatic heterocycles. The lowest BCUT2D eigenvalue weighted by molar-refractivity contribution is -0.433. The molecule has 0 radical (unpaired) electrons. The van der Waals surface area contributed by atoms with E-state index in [-0.39, 0.29) is 0 Å². The number of hydroxylamine groups is 2. The van der Waals surface area contributed by atoms with Gasteiger partial charge >= 0.3 is 18.4 Å². The van der Waals surface area contributed by atoms with Crippen molar-refractivity contribution in [2.24, 2.45) is 0 Å². The number of esters is 1. The molecule has 14 heteroatoms. The minimum atomic E-state index is -2.33. The summed E-state index contributed by atoms with van der Waals surface area (Å²) in [6.45, 7) is 0.213. The van der Waals surface area contributed by atoms with Gasteiger partial charge in [-0.15, -0.1) is 0 Å². The van der Waals surface area contributed by atoms with Gasteiger partial charge in [0.15, 0.2) is 11.8 Å². The topological polar surface area (TPSA) is 199 Å². The van der Waals surface area contributed by atoms with E-state index in [1.807, 2.05) is 0 Å². The lowest BCUT2D eigenvalue weighted by Crippen LogP contribution is -2.46. The zero-order valence-electron chi connectivity index (χ0n) is 17.0. The van der Waals surface area contributed by atoms with E-state index >= 15 is 0 Å². The van der Waals surface area contributed by atoms with Gasteiger partial charge in [0, 0.05) is 16.8 Å². The third kappa shape index (κ3) is 7.35. The van der Waals surface area contributed by atoms with E-state index < -0.39 is 59.7 Å². The van der Waals surface area contributed by atoms with E-state index in [2.05, 4.69) is 19.8 Å². The minimum Gasteiger partial charge on any atom is -0.505 e. The first-order valence-corrected chi connectivity index (χ1v) is 9.53. The molecule has 0 aliphatic carbocycles. The Balaban J connectivity index is 2.00. The molecule has 2 rings (SSSR count). The van der Waals surface area contributed by atoms with Crippen molar-refractivity contribution in [3.8, 4) is 16.9 Å². The van der Waals surface area contributed by atoms with Crippen molar-refractivity contribution < 1.29 is 49.6 Å². The maximum absolute atomic E-state index is 12.2. The number of benzene rings is 1. The van der Waals surface area contributed by atoms with Crippen LogP contribution in [0.15, 0.2) is 36.5 Å². The number of carboxylic acids is 1. The van der Waals surface area contributed by atoms with Crippen molar-refractivity contribution >= 4 is 29.4 Å². The van der Waals surface area contributed by atoms with E-state index in [4.69, 9.17) is 27.1 Å². The lowest BCUT2D eigenvalue weighted by atomic mass is 10.1. The number of aliphatic hydroxyl groups is 1. The van der Waals surface area contributed by atoms with E-state index in [9.17, 15) is 24.6 Å². The highest BCUT2D eigenvalue weighted by molar-refractivity contribution is 6.30. The Bertz CT molecular complexity index is 1020. The van der Waals surface area contributed by atoms with Crippen LogP contribution in [0.2, 0.25) is 5.02 Å². The molecule has 1 aromatic carbocycles. The zero-order valence-corrected chi connectivity index (χ0v) is 17.7. The molecule has 1 amide bonds. The maximum atomic E-state index is 12.2. The molecule has 178 valence electrons. The van der Waals surface area contributed by atoms with Gasteiger partial charge in [0.2, 0.25) is 0 Å². The first-order valence-electron chi connectivity index (χ1n) is 9.15. The van der Waals surface area contributed by atoms with E-state index in [1.165, 1.54) is 12.3 Å². The molecular formula is C19H20ClN3O10. The third-order valence-corrected chi connectivity index (χ3v) is 4.23. The molecule has 1 heterocycles. The molecule has 0 bridgehead atoms. The number of carbonyl (C=O) groups is 3. The van der Waals surface area contributed by atoms with Gasteiger partial charge in [-0.2, -0.15) is 0 Å². The highest BCUT2D eigenvalue weighted by Gasteiger charge is 2.32. The molecule has 0 fully saturated rings. The Morgan fingerprint density at radius 3 is 2.45 bits per heavy atom.